The number of hydrogen-bond acceptors (Lipinski definition) is 5. The number of halogens is 1. The SMILES string of the molecule is CC[C@H]1C(=O)N(Cc2ccc3c(N)ncnc3c2)CCN1C(=O)Nc1ccc(Cl)cc1. The summed E-state index contributed by atoms with van der Waals surface area (Å²) in [5, 5.41) is 4.22. The van der Waals surface area contributed by atoms with E-state index in [4.69, 9.17) is 17.3 Å². The summed E-state index contributed by atoms with van der Waals surface area (Å²) in [7, 11) is 0. The van der Waals surface area contributed by atoms with Gasteiger partial charge >= 0.3 is 6.03 Å². The molecule has 4 rings (SSSR count). The molecule has 3 aromatic rings. The summed E-state index contributed by atoms with van der Waals surface area (Å²) in [6, 6.07) is 11.8. The summed E-state index contributed by atoms with van der Waals surface area (Å²) in [6.07, 6.45) is 1.96. The van der Waals surface area contributed by atoms with Gasteiger partial charge in [0.2, 0.25) is 5.91 Å². The first-order chi connectivity index (χ1) is 15.0. The Bertz CT molecular complexity index is 1120. The van der Waals surface area contributed by atoms with E-state index in [1.165, 1.54) is 6.33 Å². The second-order valence-corrected chi connectivity index (χ2v) is 7.86. The second kappa shape index (κ2) is 8.77. The quantitative estimate of drug-likeness (QED) is 0.648. The molecule has 3 N–H and O–H groups in total. The summed E-state index contributed by atoms with van der Waals surface area (Å²) < 4.78 is 0. The summed E-state index contributed by atoms with van der Waals surface area (Å²) in [5.41, 5.74) is 8.22. The maximum atomic E-state index is 13.1. The first-order valence-electron chi connectivity index (χ1n) is 10.1. The van der Waals surface area contributed by atoms with Crippen molar-refractivity contribution in [2.45, 2.75) is 25.9 Å². The van der Waals surface area contributed by atoms with E-state index in [0.29, 0.717) is 42.6 Å². The van der Waals surface area contributed by atoms with Gasteiger partial charge in [-0.15, -0.1) is 0 Å². The zero-order valence-electron chi connectivity index (χ0n) is 17.1. The maximum absolute atomic E-state index is 13.1. The van der Waals surface area contributed by atoms with Gasteiger partial charge in [-0.25, -0.2) is 14.8 Å². The highest BCUT2D eigenvalue weighted by Gasteiger charge is 2.36. The molecule has 0 bridgehead atoms. The van der Waals surface area contributed by atoms with Gasteiger partial charge in [-0.1, -0.05) is 24.6 Å². The molecule has 1 atom stereocenters. The van der Waals surface area contributed by atoms with Gasteiger partial charge in [0.05, 0.1) is 5.52 Å². The lowest BCUT2D eigenvalue weighted by Gasteiger charge is -2.40. The van der Waals surface area contributed by atoms with Crippen LogP contribution in [-0.2, 0) is 11.3 Å². The van der Waals surface area contributed by atoms with Gasteiger partial charge in [0.15, 0.2) is 0 Å². The molecular formula is C22H23ClN6O2. The van der Waals surface area contributed by atoms with Gasteiger partial charge in [0, 0.05) is 35.7 Å². The molecule has 1 aliphatic heterocycles. The lowest BCUT2D eigenvalue weighted by molar-refractivity contribution is -0.140. The molecule has 9 heteroatoms. The van der Waals surface area contributed by atoms with Crippen LogP contribution in [-0.4, -0.2) is 50.8 Å². The minimum Gasteiger partial charge on any atom is -0.383 e. The van der Waals surface area contributed by atoms with E-state index in [-0.39, 0.29) is 11.9 Å². The highest BCUT2D eigenvalue weighted by atomic mass is 35.5. The van der Waals surface area contributed by atoms with Crippen molar-refractivity contribution < 1.29 is 9.59 Å². The Morgan fingerprint density at radius 1 is 1.19 bits per heavy atom. The van der Waals surface area contributed by atoms with Crippen molar-refractivity contribution in [1.29, 1.82) is 0 Å². The fourth-order valence-corrected chi connectivity index (χ4v) is 3.93. The fraction of sp³-hybridized carbons (Fsp3) is 0.273. The van der Waals surface area contributed by atoms with Gasteiger partial charge in [-0.3, -0.25) is 4.79 Å². The molecule has 0 radical (unpaired) electrons. The lowest BCUT2D eigenvalue weighted by Crippen LogP contribution is -2.59. The Morgan fingerprint density at radius 3 is 2.71 bits per heavy atom. The number of carbonyl (C=O) groups is 2. The number of fused-ring (bicyclic) bond motifs is 1. The van der Waals surface area contributed by atoms with Crippen molar-refractivity contribution in [2.75, 3.05) is 24.1 Å². The van der Waals surface area contributed by atoms with E-state index in [1.807, 2.05) is 25.1 Å². The smallest absolute Gasteiger partial charge is 0.322 e. The molecule has 0 spiro atoms. The molecular weight excluding hydrogens is 416 g/mol. The van der Waals surface area contributed by atoms with Crippen molar-refractivity contribution in [1.82, 2.24) is 19.8 Å². The number of nitrogens with zero attached hydrogens (tertiary/aromatic N) is 4. The topological polar surface area (TPSA) is 104 Å². The number of piperazine rings is 1. The van der Waals surface area contributed by atoms with Crippen LogP contribution in [0.4, 0.5) is 16.3 Å². The Kier molecular flexibility index (Phi) is 5.90. The number of urea groups is 1. The standard InChI is InChI=1S/C22H23ClN6O2/c1-2-19-21(30)28(12-14-3-8-17-18(11-14)25-13-26-20(17)24)9-10-29(19)22(31)27-16-6-4-15(23)5-7-16/h3-8,11,13,19H,2,9-10,12H2,1H3,(H,27,31)(H2,24,25,26)/t19-/m0/s1. The molecule has 31 heavy (non-hydrogen) atoms. The second-order valence-electron chi connectivity index (χ2n) is 7.42. The van der Waals surface area contributed by atoms with E-state index >= 15 is 0 Å². The Hall–Kier alpha value is -3.39. The van der Waals surface area contributed by atoms with Crippen LogP contribution in [0.1, 0.15) is 18.9 Å². The molecule has 0 saturated carbocycles. The minimum atomic E-state index is -0.514. The first-order valence-corrected chi connectivity index (χ1v) is 10.4. The monoisotopic (exact) mass is 438 g/mol. The number of nitrogen functional groups attached to an aromatic ring is 1. The van der Waals surface area contributed by atoms with Gasteiger partial charge in [0.1, 0.15) is 18.2 Å². The summed E-state index contributed by atoms with van der Waals surface area (Å²) in [6.45, 7) is 3.26. The van der Waals surface area contributed by atoms with Crippen molar-refractivity contribution >= 4 is 45.9 Å². The molecule has 3 amide bonds. The third kappa shape index (κ3) is 4.39. The number of benzene rings is 2. The number of hydrogen-bond donors (Lipinski definition) is 2. The van der Waals surface area contributed by atoms with Gasteiger partial charge in [-0.2, -0.15) is 0 Å². The molecule has 1 aliphatic rings. The molecule has 2 heterocycles. The van der Waals surface area contributed by atoms with E-state index in [0.717, 1.165) is 16.5 Å². The van der Waals surface area contributed by atoms with Gasteiger partial charge in [0.25, 0.3) is 0 Å². The van der Waals surface area contributed by atoms with Gasteiger partial charge in [-0.05, 0) is 48.4 Å². The predicted octanol–water partition coefficient (Wildman–Crippen LogP) is 3.52. The largest absolute Gasteiger partial charge is 0.383 e. The number of aromatic nitrogens is 2. The van der Waals surface area contributed by atoms with Crippen LogP contribution in [0.2, 0.25) is 5.02 Å². The van der Waals surface area contributed by atoms with Crippen LogP contribution in [0.15, 0.2) is 48.8 Å². The molecule has 8 nitrogen and oxygen atoms in total. The molecule has 0 aliphatic carbocycles. The summed E-state index contributed by atoms with van der Waals surface area (Å²) >= 11 is 5.90. The molecule has 1 saturated heterocycles. The highest BCUT2D eigenvalue weighted by Crippen LogP contribution is 2.22. The minimum absolute atomic E-state index is 0.0673. The van der Waals surface area contributed by atoms with Crippen LogP contribution in [0.3, 0.4) is 0 Å². The zero-order chi connectivity index (χ0) is 22.0. The zero-order valence-corrected chi connectivity index (χ0v) is 17.8. The van der Waals surface area contributed by atoms with Crippen LogP contribution >= 0.6 is 11.6 Å². The Balaban J connectivity index is 1.46. The number of amides is 3. The number of nitrogens with one attached hydrogen (secondary N) is 1. The molecule has 2 aromatic carbocycles. The van der Waals surface area contributed by atoms with Crippen molar-refractivity contribution in [3.05, 3.63) is 59.4 Å². The van der Waals surface area contributed by atoms with Crippen LogP contribution < -0.4 is 11.1 Å². The van der Waals surface area contributed by atoms with Crippen molar-refractivity contribution in [2.24, 2.45) is 0 Å². The van der Waals surface area contributed by atoms with E-state index in [9.17, 15) is 9.59 Å². The molecule has 0 unspecified atom stereocenters. The number of anilines is 2. The van der Waals surface area contributed by atoms with Crippen LogP contribution in [0, 0.1) is 0 Å². The van der Waals surface area contributed by atoms with E-state index in [1.54, 1.807) is 34.1 Å². The third-order valence-electron chi connectivity index (χ3n) is 5.43. The van der Waals surface area contributed by atoms with Crippen molar-refractivity contribution in [3.8, 4) is 0 Å². The van der Waals surface area contributed by atoms with Crippen LogP contribution in [0.5, 0.6) is 0 Å². The molecule has 1 aromatic heterocycles. The summed E-state index contributed by atoms with van der Waals surface area (Å²) in [4.78, 5) is 37.6. The van der Waals surface area contributed by atoms with E-state index < -0.39 is 6.04 Å². The average Bonchev–Trinajstić information content (AvgIpc) is 2.76. The highest BCUT2D eigenvalue weighted by molar-refractivity contribution is 6.30. The third-order valence-corrected chi connectivity index (χ3v) is 5.68. The number of rotatable bonds is 4. The first kappa shape index (κ1) is 20.9. The Labute approximate surface area is 185 Å². The Morgan fingerprint density at radius 2 is 1.97 bits per heavy atom. The predicted molar refractivity (Wildman–Crippen MR) is 121 cm³/mol. The summed E-state index contributed by atoms with van der Waals surface area (Å²) in [5.74, 6) is 0.362. The maximum Gasteiger partial charge on any atom is 0.322 e. The van der Waals surface area contributed by atoms with Crippen LogP contribution in [0.25, 0.3) is 10.9 Å². The van der Waals surface area contributed by atoms with Gasteiger partial charge < -0.3 is 20.9 Å². The molecule has 160 valence electrons. The van der Waals surface area contributed by atoms with E-state index in [2.05, 4.69) is 15.3 Å². The molecule has 1 fully saturated rings. The fourth-order valence-electron chi connectivity index (χ4n) is 3.80. The average molecular weight is 439 g/mol. The number of carbonyl (C=O) groups excluding carboxylic acids is 2. The lowest BCUT2D eigenvalue weighted by atomic mass is 10.1. The van der Waals surface area contributed by atoms with Crippen molar-refractivity contribution in [3.63, 3.8) is 0 Å². The normalized spacial score (nSPS) is 16.6. The number of nitrogens with two attached hydrogens (primary N) is 1.